The molecule has 46 valence electrons. The minimum absolute atomic E-state index is 0. The van der Waals surface area contributed by atoms with Crippen LogP contribution in [-0.2, 0) is 4.84 Å². The molecule has 3 heteroatoms. The molecule has 0 aliphatic rings. The van der Waals surface area contributed by atoms with Crippen molar-refractivity contribution in [3.63, 3.8) is 0 Å². The molecule has 0 radical (unpaired) electrons. The van der Waals surface area contributed by atoms with Crippen LogP contribution in [0.1, 0.15) is 0 Å². The molecule has 0 aromatic rings. The van der Waals surface area contributed by atoms with Crippen LogP contribution in [0.3, 0.4) is 0 Å². The first-order valence-corrected chi connectivity index (χ1v) is 1.93. The Labute approximate surface area is 51.0 Å². The molecule has 0 heterocycles. The molecular formula is C4H12ClNO. The Morgan fingerprint density at radius 3 is 1.29 bits per heavy atom. The Bertz CT molecular complexity index is 41.4. The van der Waals surface area contributed by atoms with Crippen molar-refractivity contribution in [2.24, 2.45) is 0 Å². The largest absolute Gasteiger partial charge is 1.00 e. The molecule has 0 saturated carbocycles. The molecule has 0 rings (SSSR count). The number of rotatable bonds is 1. The van der Waals surface area contributed by atoms with Crippen LogP contribution < -0.4 is 12.4 Å². The quantitative estimate of drug-likeness (QED) is 0.273. The zero-order valence-corrected chi connectivity index (χ0v) is 5.99. The molecule has 0 amide bonds. The van der Waals surface area contributed by atoms with Gasteiger partial charge < -0.3 is 12.4 Å². The summed E-state index contributed by atoms with van der Waals surface area (Å²) in [4.78, 5) is 4.88. The zero-order valence-electron chi connectivity index (χ0n) is 5.23. The molecule has 0 aromatic heterocycles. The minimum Gasteiger partial charge on any atom is -1.00 e. The van der Waals surface area contributed by atoms with E-state index in [0.29, 0.717) is 4.65 Å². The number of halogens is 1. The molecule has 0 bridgehead atoms. The lowest BCUT2D eigenvalue weighted by Gasteiger charge is -2.17. The predicted molar refractivity (Wildman–Crippen MR) is 25.0 cm³/mol. The van der Waals surface area contributed by atoms with Crippen LogP contribution in [-0.4, -0.2) is 32.9 Å². The van der Waals surface area contributed by atoms with Crippen molar-refractivity contribution in [3.05, 3.63) is 0 Å². The number of hydrogen-bond donors (Lipinski definition) is 0. The monoisotopic (exact) mass is 125 g/mol. The molecule has 0 spiro atoms. The first kappa shape index (κ1) is 10.2. The normalized spacial score (nSPS) is 10.3. The Hall–Kier alpha value is 0.210. The van der Waals surface area contributed by atoms with Gasteiger partial charge in [0.25, 0.3) is 0 Å². The van der Waals surface area contributed by atoms with Gasteiger partial charge in [-0.05, 0) is 0 Å². The lowest BCUT2D eigenvalue weighted by atomic mass is 10.9. The molecule has 0 aliphatic heterocycles. The standard InChI is InChI=1S/C4H12NO.ClH/c1-5(2,3)6-4;/h1-4H3;1H/q+1;/p-1. The molecule has 7 heavy (non-hydrogen) atoms. The Morgan fingerprint density at radius 2 is 1.29 bits per heavy atom. The molecule has 0 N–H and O–H groups in total. The lowest BCUT2D eigenvalue weighted by Crippen LogP contribution is -3.00. The highest BCUT2D eigenvalue weighted by molar-refractivity contribution is 3.78. The van der Waals surface area contributed by atoms with E-state index in [9.17, 15) is 0 Å². The average molecular weight is 126 g/mol. The average Bonchev–Trinajstić information content (AvgIpc) is 1.35. The molecule has 0 atom stereocenters. The fourth-order valence-corrected chi connectivity index (χ4v) is 0. The minimum atomic E-state index is 0. The van der Waals surface area contributed by atoms with Crippen molar-refractivity contribution in [2.45, 2.75) is 0 Å². The fourth-order valence-electron chi connectivity index (χ4n) is 0. The highest BCUT2D eigenvalue weighted by atomic mass is 35.5. The summed E-state index contributed by atoms with van der Waals surface area (Å²) in [5, 5.41) is 0. The van der Waals surface area contributed by atoms with Crippen LogP contribution in [0.4, 0.5) is 0 Å². The van der Waals surface area contributed by atoms with Gasteiger partial charge in [-0.15, -0.1) is 0 Å². The summed E-state index contributed by atoms with van der Waals surface area (Å²) < 4.78 is 0.569. The maximum atomic E-state index is 4.88. The van der Waals surface area contributed by atoms with E-state index in [4.69, 9.17) is 4.84 Å². The third-order valence-electron chi connectivity index (χ3n) is 0.548. The second-order valence-corrected chi connectivity index (χ2v) is 2.07. The summed E-state index contributed by atoms with van der Waals surface area (Å²) in [5.41, 5.74) is 0. The van der Waals surface area contributed by atoms with Gasteiger partial charge in [0.15, 0.2) is 0 Å². The summed E-state index contributed by atoms with van der Waals surface area (Å²) in [6.07, 6.45) is 0. The van der Waals surface area contributed by atoms with Gasteiger partial charge in [0.1, 0.15) is 0 Å². The molecule has 0 fully saturated rings. The van der Waals surface area contributed by atoms with Crippen molar-refractivity contribution in [3.8, 4) is 0 Å². The Morgan fingerprint density at radius 1 is 1.14 bits per heavy atom. The first-order valence-electron chi connectivity index (χ1n) is 1.93. The number of hydrogen-bond acceptors (Lipinski definition) is 1. The SMILES string of the molecule is CO[N+](C)(C)C.[Cl-]. The van der Waals surface area contributed by atoms with Gasteiger partial charge in [0.2, 0.25) is 0 Å². The summed E-state index contributed by atoms with van der Waals surface area (Å²) in [6.45, 7) is 0. The Balaban J connectivity index is 0. The van der Waals surface area contributed by atoms with Crippen molar-refractivity contribution >= 4 is 0 Å². The number of quaternary nitrogens is 1. The second-order valence-electron chi connectivity index (χ2n) is 2.07. The summed E-state index contributed by atoms with van der Waals surface area (Å²) >= 11 is 0. The predicted octanol–water partition coefficient (Wildman–Crippen LogP) is -2.74. The topological polar surface area (TPSA) is 9.23 Å². The third-order valence-corrected chi connectivity index (χ3v) is 0.548. The van der Waals surface area contributed by atoms with Crippen molar-refractivity contribution in [2.75, 3.05) is 28.3 Å². The third kappa shape index (κ3) is 10.7. The van der Waals surface area contributed by atoms with Crippen LogP contribution in [0.2, 0.25) is 0 Å². The van der Waals surface area contributed by atoms with Gasteiger partial charge in [-0.25, -0.2) is 4.84 Å². The van der Waals surface area contributed by atoms with E-state index in [1.807, 2.05) is 21.1 Å². The molecule has 0 aliphatic carbocycles. The number of nitrogens with zero attached hydrogens (tertiary/aromatic N) is 1. The fraction of sp³-hybridized carbons (Fsp3) is 1.00. The molecular weight excluding hydrogens is 114 g/mol. The van der Waals surface area contributed by atoms with E-state index in [1.54, 1.807) is 7.11 Å². The van der Waals surface area contributed by atoms with E-state index in [-0.39, 0.29) is 12.4 Å². The number of hydroxylamine groups is 3. The van der Waals surface area contributed by atoms with Crippen molar-refractivity contribution in [1.29, 1.82) is 0 Å². The molecule has 2 nitrogen and oxygen atoms in total. The van der Waals surface area contributed by atoms with Crippen LogP contribution in [0, 0.1) is 0 Å². The second kappa shape index (κ2) is 3.24. The van der Waals surface area contributed by atoms with E-state index in [0.717, 1.165) is 0 Å². The molecule has 0 saturated heterocycles. The summed E-state index contributed by atoms with van der Waals surface area (Å²) in [5.74, 6) is 0. The highest BCUT2D eigenvalue weighted by Crippen LogP contribution is 1.84. The summed E-state index contributed by atoms with van der Waals surface area (Å²) in [7, 11) is 7.56. The highest BCUT2D eigenvalue weighted by Gasteiger charge is 2.00. The maximum Gasteiger partial charge on any atom is 0.0981 e. The van der Waals surface area contributed by atoms with Gasteiger partial charge in [-0.2, -0.15) is 4.65 Å². The van der Waals surface area contributed by atoms with Gasteiger partial charge in [-0.1, -0.05) is 0 Å². The van der Waals surface area contributed by atoms with Gasteiger partial charge in [0.05, 0.1) is 28.3 Å². The lowest BCUT2D eigenvalue weighted by molar-refractivity contribution is -1.06. The Kier molecular flexibility index (Phi) is 4.75. The summed E-state index contributed by atoms with van der Waals surface area (Å²) in [6, 6.07) is 0. The van der Waals surface area contributed by atoms with Crippen LogP contribution in [0.15, 0.2) is 0 Å². The van der Waals surface area contributed by atoms with Gasteiger partial charge in [0, 0.05) is 0 Å². The smallest absolute Gasteiger partial charge is 0.0981 e. The van der Waals surface area contributed by atoms with Crippen molar-refractivity contribution < 1.29 is 21.9 Å². The molecule has 0 aromatic carbocycles. The van der Waals surface area contributed by atoms with Crippen molar-refractivity contribution in [1.82, 2.24) is 0 Å². The van der Waals surface area contributed by atoms with E-state index in [2.05, 4.69) is 0 Å². The first-order chi connectivity index (χ1) is 2.56. The van der Waals surface area contributed by atoms with Crippen LogP contribution in [0.25, 0.3) is 0 Å². The van der Waals surface area contributed by atoms with E-state index < -0.39 is 0 Å². The van der Waals surface area contributed by atoms with Gasteiger partial charge >= 0.3 is 0 Å². The maximum absolute atomic E-state index is 4.88. The zero-order chi connectivity index (χ0) is 5.21. The van der Waals surface area contributed by atoms with Crippen LogP contribution >= 0.6 is 0 Å². The van der Waals surface area contributed by atoms with E-state index in [1.165, 1.54) is 0 Å². The van der Waals surface area contributed by atoms with Crippen LogP contribution in [0.5, 0.6) is 0 Å². The van der Waals surface area contributed by atoms with Gasteiger partial charge in [-0.3, -0.25) is 0 Å². The van der Waals surface area contributed by atoms with E-state index >= 15 is 0 Å². The molecule has 0 unspecified atom stereocenters.